The summed E-state index contributed by atoms with van der Waals surface area (Å²) >= 11 is 0. The van der Waals surface area contributed by atoms with E-state index in [1.54, 1.807) is 0 Å². The van der Waals surface area contributed by atoms with E-state index in [-0.39, 0.29) is 29.5 Å². The van der Waals surface area contributed by atoms with Crippen LogP contribution in [0.4, 0.5) is 0 Å². The van der Waals surface area contributed by atoms with Crippen LogP contribution >= 0.6 is 0 Å². The van der Waals surface area contributed by atoms with Gasteiger partial charge in [0.15, 0.2) is 12.4 Å². The molecule has 5 heteroatoms. The van der Waals surface area contributed by atoms with Gasteiger partial charge in [-0.25, -0.2) is 4.57 Å². The van der Waals surface area contributed by atoms with Gasteiger partial charge in [-0.3, -0.25) is 4.79 Å². The van der Waals surface area contributed by atoms with Gasteiger partial charge in [0.25, 0.3) is 0 Å². The molecule has 0 aliphatic carbocycles. The van der Waals surface area contributed by atoms with Gasteiger partial charge >= 0.3 is 0 Å². The Labute approximate surface area is 125 Å². The molecule has 1 aromatic heterocycles. The lowest BCUT2D eigenvalue weighted by molar-refractivity contribution is -0.697. The zero-order valence-corrected chi connectivity index (χ0v) is 13.2. The van der Waals surface area contributed by atoms with Crippen LogP contribution in [0.3, 0.4) is 0 Å². The first-order chi connectivity index (χ1) is 8.53. The van der Waals surface area contributed by atoms with E-state index in [4.69, 9.17) is 5.11 Å². The third-order valence-corrected chi connectivity index (χ3v) is 2.72. The van der Waals surface area contributed by atoms with Gasteiger partial charge in [0.2, 0.25) is 5.91 Å². The fraction of sp³-hybridized carbons (Fsp3) is 0.571. The lowest BCUT2D eigenvalue weighted by Crippen LogP contribution is -3.00. The van der Waals surface area contributed by atoms with Crippen LogP contribution in [0.2, 0.25) is 0 Å². The van der Waals surface area contributed by atoms with Gasteiger partial charge in [0.1, 0.15) is 6.54 Å². The summed E-state index contributed by atoms with van der Waals surface area (Å²) in [5, 5.41) is 11.9. The van der Waals surface area contributed by atoms with E-state index in [0.29, 0.717) is 6.42 Å². The Kier molecular flexibility index (Phi) is 8.59. The molecule has 0 atom stereocenters. The number of amides is 1. The largest absolute Gasteiger partial charge is 1.00 e. The second kappa shape index (κ2) is 9.04. The number of hydrogen-bond donors (Lipinski definition) is 2. The number of aryl methyl sites for hydroxylation is 1. The third-order valence-electron chi connectivity index (χ3n) is 2.72. The van der Waals surface area contributed by atoms with Crippen LogP contribution in [0.5, 0.6) is 0 Å². The smallest absolute Gasteiger partial charge is 0.220 e. The quantitative estimate of drug-likeness (QED) is 0.450. The molecule has 0 saturated carbocycles. The monoisotopic (exact) mass is 330 g/mol. The van der Waals surface area contributed by atoms with Crippen molar-refractivity contribution in [3.05, 3.63) is 30.6 Å². The molecule has 0 aliphatic rings. The molecule has 2 N–H and O–H groups in total. The fourth-order valence-corrected chi connectivity index (χ4v) is 1.64. The highest BCUT2D eigenvalue weighted by Gasteiger charge is 2.18. The average molecular weight is 331 g/mol. The highest BCUT2D eigenvalue weighted by molar-refractivity contribution is 5.76. The topological polar surface area (TPSA) is 53.2 Å². The molecule has 0 unspecified atom stereocenters. The Morgan fingerprint density at radius 2 is 1.84 bits per heavy atom. The molecule has 1 rings (SSSR count). The van der Waals surface area contributed by atoms with E-state index in [1.807, 2.05) is 44.4 Å². The third kappa shape index (κ3) is 7.95. The molecule has 108 valence electrons. The second-order valence-electron chi connectivity index (χ2n) is 5.16. The Morgan fingerprint density at radius 3 is 2.42 bits per heavy atom. The summed E-state index contributed by atoms with van der Waals surface area (Å²) < 4.78 is 2.11. The standard InChI is InChI=1S/C14H22N2O2.BrH/c1-14(2,12-17)15-13(18)8-4-7-11-16-9-5-3-6-10-16;/h3,5-6,9-10,17H,4,7-8,11-12H2,1-2H3;1H. The van der Waals surface area contributed by atoms with Crippen LogP contribution < -0.4 is 26.9 Å². The molecule has 0 fully saturated rings. The number of unbranched alkanes of at least 4 members (excludes halogenated alkanes) is 1. The van der Waals surface area contributed by atoms with Crippen molar-refractivity contribution in [2.45, 2.75) is 45.2 Å². The minimum absolute atomic E-state index is 0. The summed E-state index contributed by atoms with van der Waals surface area (Å²) in [7, 11) is 0. The van der Waals surface area contributed by atoms with Crippen molar-refractivity contribution in [1.82, 2.24) is 5.32 Å². The molecule has 1 aromatic rings. The number of rotatable bonds is 7. The minimum Gasteiger partial charge on any atom is -1.00 e. The van der Waals surface area contributed by atoms with Crippen molar-refractivity contribution in [1.29, 1.82) is 0 Å². The molecular formula is C14H23BrN2O2. The maximum absolute atomic E-state index is 11.6. The first-order valence-electron chi connectivity index (χ1n) is 6.39. The lowest BCUT2D eigenvalue weighted by Gasteiger charge is -2.23. The Hall–Kier alpha value is -0.940. The fourth-order valence-electron chi connectivity index (χ4n) is 1.64. The number of nitrogens with one attached hydrogen (secondary N) is 1. The maximum Gasteiger partial charge on any atom is 0.220 e. The van der Waals surface area contributed by atoms with Crippen LogP contribution in [-0.4, -0.2) is 23.2 Å². The van der Waals surface area contributed by atoms with E-state index in [2.05, 4.69) is 9.88 Å². The van der Waals surface area contributed by atoms with Crippen LogP contribution in [0.1, 0.15) is 33.1 Å². The number of halogens is 1. The van der Waals surface area contributed by atoms with Crippen molar-refractivity contribution < 1.29 is 31.4 Å². The van der Waals surface area contributed by atoms with E-state index in [1.165, 1.54) is 0 Å². The van der Waals surface area contributed by atoms with Crippen molar-refractivity contribution in [2.75, 3.05) is 6.61 Å². The van der Waals surface area contributed by atoms with Gasteiger partial charge in [-0.15, -0.1) is 0 Å². The minimum atomic E-state index is -0.523. The molecule has 0 aromatic carbocycles. The molecule has 0 radical (unpaired) electrons. The molecule has 0 saturated heterocycles. The number of aliphatic hydroxyl groups is 1. The summed E-state index contributed by atoms with van der Waals surface area (Å²) in [6.07, 6.45) is 6.39. The van der Waals surface area contributed by atoms with E-state index in [0.717, 1.165) is 19.4 Å². The van der Waals surface area contributed by atoms with Crippen molar-refractivity contribution in [3.8, 4) is 0 Å². The van der Waals surface area contributed by atoms with E-state index in [9.17, 15) is 4.79 Å². The Bertz CT molecular complexity index is 369. The number of hydrogen-bond acceptors (Lipinski definition) is 2. The van der Waals surface area contributed by atoms with Gasteiger partial charge in [-0.2, -0.15) is 0 Å². The van der Waals surface area contributed by atoms with Crippen LogP contribution in [0, 0.1) is 0 Å². The Morgan fingerprint density at radius 1 is 1.21 bits per heavy atom. The zero-order valence-electron chi connectivity index (χ0n) is 11.6. The highest BCUT2D eigenvalue weighted by Crippen LogP contribution is 2.02. The second-order valence-corrected chi connectivity index (χ2v) is 5.16. The first-order valence-corrected chi connectivity index (χ1v) is 6.39. The van der Waals surface area contributed by atoms with E-state index >= 15 is 0 Å². The zero-order chi connectivity index (χ0) is 13.4. The van der Waals surface area contributed by atoms with Gasteiger partial charge in [-0.1, -0.05) is 6.07 Å². The van der Waals surface area contributed by atoms with Crippen LogP contribution in [-0.2, 0) is 11.3 Å². The summed E-state index contributed by atoms with van der Waals surface area (Å²) in [4.78, 5) is 11.6. The molecule has 0 spiro atoms. The first kappa shape index (κ1) is 18.1. The van der Waals surface area contributed by atoms with Gasteiger partial charge < -0.3 is 27.4 Å². The number of carbonyl (C=O) groups is 1. The lowest BCUT2D eigenvalue weighted by atomic mass is 10.1. The summed E-state index contributed by atoms with van der Waals surface area (Å²) in [6, 6.07) is 5.98. The van der Waals surface area contributed by atoms with Gasteiger partial charge in [0.05, 0.1) is 12.1 Å². The summed E-state index contributed by atoms with van der Waals surface area (Å²) in [6.45, 7) is 4.51. The predicted octanol–water partition coefficient (Wildman–Crippen LogP) is -1.96. The molecule has 4 nitrogen and oxygen atoms in total. The summed E-state index contributed by atoms with van der Waals surface area (Å²) in [5.74, 6) is 0.00658. The van der Waals surface area contributed by atoms with Crippen molar-refractivity contribution in [2.24, 2.45) is 0 Å². The summed E-state index contributed by atoms with van der Waals surface area (Å²) in [5.41, 5.74) is -0.523. The van der Waals surface area contributed by atoms with Crippen LogP contribution in [0.15, 0.2) is 30.6 Å². The Balaban J connectivity index is 0.00000324. The normalized spacial score (nSPS) is 10.7. The molecule has 19 heavy (non-hydrogen) atoms. The molecule has 1 heterocycles. The maximum atomic E-state index is 11.6. The van der Waals surface area contributed by atoms with Crippen molar-refractivity contribution >= 4 is 5.91 Å². The molecule has 1 amide bonds. The van der Waals surface area contributed by atoms with E-state index < -0.39 is 5.54 Å². The SMILES string of the molecule is CC(C)(CO)NC(=O)CCCC[n+]1ccccc1.[Br-]. The molecule has 0 bridgehead atoms. The number of pyridine rings is 1. The molecule has 0 aliphatic heterocycles. The molecular weight excluding hydrogens is 308 g/mol. The average Bonchev–Trinajstić information content (AvgIpc) is 2.35. The van der Waals surface area contributed by atoms with Gasteiger partial charge in [-0.05, 0) is 20.3 Å². The van der Waals surface area contributed by atoms with Crippen LogP contribution in [0.25, 0.3) is 0 Å². The number of nitrogens with zero attached hydrogens (tertiary/aromatic N) is 1. The number of carbonyl (C=O) groups excluding carboxylic acids is 1. The van der Waals surface area contributed by atoms with Crippen molar-refractivity contribution in [3.63, 3.8) is 0 Å². The van der Waals surface area contributed by atoms with Gasteiger partial charge in [0, 0.05) is 25.0 Å². The number of aromatic nitrogens is 1. The predicted molar refractivity (Wildman–Crippen MR) is 69.8 cm³/mol. The number of aliphatic hydroxyl groups excluding tert-OH is 1. The highest BCUT2D eigenvalue weighted by atomic mass is 79.9.